The van der Waals surface area contributed by atoms with Crippen LogP contribution in [0.5, 0.6) is 11.5 Å². The van der Waals surface area contributed by atoms with Gasteiger partial charge in [0.15, 0.2) is 0 Å². The smallest absolute Gasteiger partial charge is 0.325 e. The minimum atomic E-state index is -0.653. The number of nitrogens with zero attached hydrogens (tertiary/aromatic N) is 1. The van der Waals surface area contributed by atoms with E-state index in [1.165, 1.54) is 7.11 Å². The normalized spacial score (nSPS) is 15.6. The fourth-order valence-corrected chi connectivity index (χ4v) is 2.97. The lowest BCUT2D eigenvalue weighted by Gasteiger charge is -2.11. The Labute approximate surface area is 149 Å². The molecular weight excluding hydrogens is 346 g/mol. The number of thioether (sulfide) groups is 1. The second-order valence-electron chi connectivity index (χ2n) is 4.91. The Balaban J connectivity index is 2.29. The van der Waals surface area contributed by atoms with Crippen LogP contribution in [0, 0.1) is 0 Å². The summed E-state index contributed by atoms with van der Waals surface area (Å²) in [5.41, 5.74) is 0.647. The zero-order valence-corrected chi connectivity index (χ0v) is 15.1. The lowest BCUT2D eigenvalue weighted by Crippen LogP contribution is -2.34. The van der Waals surface area contributed by atoms with Crippen LogP contribution >= 0.6 is 11.8 Å². The minimum absolute atomic E-state index is 0.221. The molecule has 0 radical (unpaired) electrons. The molecule has 0 aromatic heterocycles. The van der Waals surface area contributed by atoms with Crippen LogP contribution in [0.25, 0.3) is 6.08 Å². The summed E-state index contributed by atoms with van der Waals surface area (Å²) >= 11 is 0.774. The van der Waals surface area contributed by atoms with E-state index < -0.39 is 23.7 Å². The lowest BCUT2D eigenvalue weighted by atomic mass is 10.1. The van der Waals surface area contributed by atoms with Crippen LogP contribution in [0.1, 0.15) is 19.4 Å². The summed E-state index contributed by atoms with van der Waals surface area (Å²) in [6.45, 7) is 4.30. The highest BCUT2D eigenvalue weighted by Gasteiger charge is 2.36. The first-order valence-electron chi connectivity index (χ1n) is 7.72. The van der Waals surface area contributed by atoms with E-state index in [0.29, 0.717) is 30.3 Å². The molecular formula is C17H19NO6S. The Morgan fingerprint density at radius 1 is 1.20 bits per heavy atom. The molecule has 2 rings (SSSR count). The minimum Gasteiger partial charge on any atom is -0.494 e. The van der Waals surface area contributed by atoms with Gasteiger partial charge in [0, 0.05) is 11.6 Å². The van der Waals surface area contributed by atoms with E-state index in [-0.39, 0.29) is 4.91 Å². The fraction of sp³-hybridized carbons (Fsp3) is 0.353. The zero-order valence-electron chi connectivity index (χ0n) is 14.2. The molecule has 8 heteroatoms. The third kappa shape index (κ3) is 4.54. The van der Waals surface area contributed by atoms with Gasteiger partial charge in [0.05, 0.1) is 25.2 Å². The fourth-order valence-electron chi connectivity index (χ4n) is 2.14. The molecule has 7 nitrogen and oxygen atoms in total. The highest BCUT2D eigenvalue weighted by molar-refractivity contribution is 8.18. The molecule has 0 bridgehead atoms. The monoisotopic (exact) mass is 365 g/mol. The Morgan fingerprint density at radius 3 is 2.56 bits per heavy atom. The number of rotatable bonds is 7. The van der Waals surface area contributed by atoms with Gasteiger partial charge in [-0.1, -0.05) is 0 Å². The Hall–Kier alpha value is -2.48. The van der Waals surface area contributed by atoms with Crippen LogP contribution < -0.4 is 9.47 Å². The van der Waals surface area contributed by atoms with E-state index in [4.69, 9.17) is 9.47 Å². The molecule has 0 saturated carbocycles. The Morgan fingerprint density at radius 2 is 1.92 bits per heavy atom. The average molecular weight is 365 g/mol. The molecule has 134 valence electrons. The van der Waals surface area contributed by atoms with Gasteiger partial charge in [0.2, 0.25) is 0 Å². The number of hydrogen-bond donors (Lipinski definition) is 0. The molecule has 1 aromatic rings. The van der Waals surface area contributed by atoms with Gasteiger partial charge >= 0.3 is 5.97 Å². The first-order valence-corrected chi connectivity index (χ1v) is 8.53. The number of esters is 1. The SMILES string of the molecule is CCOc1ccc(/C=C2/SC(=O)N(CC(=O)OC)C2=O)c(OCC)c1. The first-order chi connectivity index (χ1) is 12.0. The van der Waals surface area contributed by atoms with Crippen molar-refractivity contribution < 1.29 is 28.6 Å². The molecule has 0 aliphatic carbocycles. The van der Waals surface area contributed by atoms with Crippen molar-refractivity contribution in [3.63, 3.8) is 0 Å². The molecule has 0 unspecified atom stereocenters. The maximum absolute atomic E-state index is 12.4. The van der Waals surface area contributed by atoms with Gasteiger partial charge in [-0.15, -0.1) is 0 Å². The molecule has 1 fully saturated rings. The Bertz CT molecular complexity index is 715. The average Bonchev–Trinajstić information content (AvgIpc) is 2.85. The number of hydrogen-bond acceptors (Lipinski definition) is 7. The Kier molecular flexibility index (Phi) is 6.46. The number of carbonyl (C=O) groups is 3. The van der Waals surface area contributed by atoms with Crippen molar-refractivity contribution in [3.05, 3.63) is 28.7 Å². The summed E-state index contributed by atoms with van der Waals surface area (Å²) in [7, 11) is 1.20. The van der Waals surface area contributed by atoms with E-state index in [1.807, 2.05) is 13.8 Å². The number of carbonyl (C=O) groups excluding carboxylic acids is 3. The van der Waals surface area contributed by atoms with Crippen LogP contribution in [-0.4, -0.2) is 48.9 Å². The highest BCUT2D eigenvalue weighted by Crippen LogP contribution is 2.35. The highest BCUT2D eigenvalue weighted by atomic mass is 32.2. The summed E-state index contributed by atoms with van der Waals surface area (Å²) in [4.78, 5) is 36.7. The van der Waals surface area contributed by atoms with Crippen molar-refractivity contribution in [2.75, 3.05) is 26.9 Å². The second kappa shape index (κ2) is 8.57. The number of amides is 2. The molecule has 1 saturated heterocycles. The predicted octanol–water partition coefficient (Wildman–Crippen LogP) is 2.69. The van der Waals surface area contributed by atoms with Gasteiger partial charge in [-0.05, 0) is 43.8 Å². The summed E-state index contributed by atoms with van der Waals surface area (Å²) in [6, 6.07) is 5.25. The van der Waals surface area contributed by atoms with Gasteiger partial charge < -0.3 is 14.2 Å². The quantitative estimate of drug-likeness (QED) is 0.543. The molecule has 1 aliphatic heterocycles. The zero-order chi connectivity index (χ0) is 18.4. The van der Waals surface area contributed by atoms with Gasteiger partial charge in [-0.3, -0.25) is 19.3 Å². The van der Waals surface area contributed by atoms with Gasteiger partial charge in [0.1, 0.15) is 18.0 Å². The lowest BCUT2D eigenvalue weighted by molar-refractivity contribution is -0.143. The van der Waals surface area contributed by atoms with Crippen molar-refractivity contribution in [3.8, 4) is 11.5 Å². The van der Waals surface area contributed by atoms with Gasteiger partial charge in [-0.2, -0.15) is 0 Å². The predicted molar refractivity (Wildman–Crippen MR) is 93.5 cm³/mol. The molecule has 1 aromatic carbocycles. The summed E-state index contributed by atoms with van der Waals surface area (Å²) < 4.78 is 15.5. The van der Waals surface area contributed by atoms with E-state index in [0.717, 1.165) is 16.7 Å². The van der Waals surface area contributed by atoms with Crippen LogP contribution in [0.2, 0.25) is 0 Å². The third-order valence-electron chi connectivity index (χ3n) is 3.27. The molecule has 0 spiro atoms. The van der Waals surface area contributed by atoms with Crippen molar-refractivity contribution in [2.45, 2.75) is 13.8 Å². The molecule has 0 N–H and O–H groups in total. The number of methoxy groups -OCH3 is 1. The first kappa shape index (κ1) is 18.9. The molecule has 0 atom stereocenters. The van der Waals surface area contributed by atoms with Crippen molar-refractivity contribution in [1.82, 2.24) is 4.90 Å². The van der Waals surface area contributed by atoms with Gasteiger partial charge in [-0.25, -0.2) is 0 Å². The molecule has 25 heavy (non-hydrogen) atoms. The van der Waals surface area contributed by atoms with Crippen LogP contribution in [0.3, 0.4) is 0 Å². The maximum Gasteiger partial charge on any atom is 0.325 e. The largest absolute Gasteiger partial charge is 0.494 e. The molecule has 1 aliphatic rings. The van der Waals surface area contributed by atoms with Crippen molar-refractivity contribution >= 4 is 35.0 Å². The summed E-state index contributed by atoms with van der Waals surface area (Å²) in [5, 5.41) is -0.509. The van der Waals surface area contributed by atoms with E-state index >= 15 is 0 Å². The maximum atomic E-state index is 12.4. The summed E-state index contributed by atoms with van der Waals surface area (Å²) in [5.74, 6) is 0.0199. The number of imide groups is 1. The van der Waals surface area contributed by atoms with Crippen molar-refractivity contribution in [2.24, 2.45) is 0 Å². The van der Waals surface area contributed by atoms with E-state index in [2.05, 4.69) is 4.74 Å². The van der Waals surface area contributed by atoms with E-state index in [9.17, 15) is 14.4 Å². The van der Waals surface area contributed by atoms with Crippen LogP contribution in [0.4, 0.5) is 4.79 Å². The number of benzene rings is 1. The van der Waals surface area contributed by atoms with Gasteiger partial charge in [0.25, 0.3) is 11.1 Å². The van der Waals surface area contributed by atoms with Crippen LogP contribution in [-0.2, 0) is 14.3 Å². The standard InChI is InChI=1S/C17H19NO6S/c1-4-23-12-7-6-11(13(9-12)24-5-2)8-14-16(20)18(17(21)25-14)10-15(19)22-3/h6-9H,4-5,10H2,1-3H3/b14-8+. The summed E-state index contributed by atoms with van der Waals surface area (Å²) in [6.07, 6.45) is 1.57. The van der Waals surface area contributed by atoms with Crippen LogP contribution in [0.15, 0.2) is 23.1 Å². The van der Waals surface area contributed by atoms with E-state index in [1.54, 1.807) is 24.3 Å². The third-order valence-corrected chi connectivity index (χ3v) is 4.18. The molecule has 2 amide bonds. The van der Waals surface area contributed by atoms with Crippen molar-refractivity contribution in [1.29, 1.82) is 0 Å². The second-order valence-corrected chi connectivity index (χ2v) is 5.90. The molecule has 1 heterocycles. The number of ether oxygens (including phenoxy) is 3. The topological polar surface area (TPSA) is 82.1 Å².